The zero-order valence-electron chi connectivity index (χ0n) is 20.9. The van der Waals surface area contributed by atoms with E-state index in [9.17, 15) is 0 Å². The Balaban J connectivity index is 1.71. The summed E-state index contributed by atoms with van der Waals surface area (Å²) < 4.78 is 0. The van der Waals surface area contributed by atoms with Crippen LogP contribution in [0.25, 0.3) is 0 Å². The second-order valence-electron chi connectivity index (χ2n) is 9.81. The molecule has 30 heavy (non-hydrogen) atoms. The molecule has 3 N–H and O–H groups in total. The van der Waals surface area contributed by atoms with Crippen LogP contribution < -0.4 is 5.73 Å². The summed E-state index contributed by atoms with van der Waals surface area (Å²) in [7, 11) is 0. The van der Waals surface area contributed by atoms with Gasteiger partial charge in [0.2, 0.25) is 0 Å². The first-order valence-electron chi connectivity index (χ1n) is 13.9. The number of quaternary nitrogens is 1. The van der Waals surface area contributed by atoms with E-state index in [0.29, 0.717) is 6.17 Å². The largest absolute Gasteiger partial charge is 0.338 e. The van der Waals surface area contributed by atoms with Crippen LogP contribution in [-0.4, -0.2) is 30.0 Å². The Hall–Kier alpha value is -0.570. The Morgan fingerprint density at radius 2 is 1.03 bits per heavy atom. The third-order valence-corrected chi connectivity index (χ3v) is 6.75. The van der Waals surface area contributed by atoms with E-state index >= 15 is 0 Å². The summed E-state index contributed by atoms with van der Waals surface area (Å²) in [5, 5.41) is 0. The van der Waals surface area contributed by atoms with E-state index < -0.39 is 0 Å². The first-order valence-corrected chi connectivity index (χ1v) is 13.9. The highest BCUT2D eigenvalue weighted by Gasteiger charge is 2.20. The fourth-order valence-corrected chi connectivity index (χ4v) is 4.74. The number of hydrogen-bond acceptors (Lipinski definition) is 2. The number of amidine groups is 1. The van der Waals surface area contributed by atoms with Gasteiger partial charge in [-0.3, -0.25) is 4.99 Å². The lowest BCUT2D eigenvalue weighted by Crippen LogP contribution is -2.67. The van der Waals surface area contributed by atoms with Crippen molar-refractivity contribution in [3.8, 4) is 0 Å². The maximum atomic E-state index is 4.66. The van der Waals surface area contributed by atoms with E-state index in [1.807, 2.05) is 0 Å². The molecular weight excluding hydrogens is 366 g/mol. The third-order valence-electron chi connectivity index (χ3n) is 6.75. The molecule has 0 saturated carbocycles. The fraction of sp³-hybridized carbons (Fsp3) is 0.963. The molecule has 0 bridgehead atoms. The Morgan fingerprint density at radius 3 is 1.40 bits per heavy atom. The van der Waals surface area contributed by atoms with E-state index in [4.69, 9.17) is 0 Å². The molecular formula is C27H56N3+. The van der Waals surface area contributed by atoms with Crippen LogP contribution in [0.1, 0.15) is 149 Å². The van der Waals surface area contributed by atoms with Gasteiger partial charge in [0.25, 0.3) is 0 Å². The van der Waals surface area contributed by atoms with Gasteiger partial charge in [0, 0.05) is 19.9 Å². The average Bonchev–Trinajstić information content (AvgIpc) is 3.21. The van der Waals surface area contributed by atoms with Crippen LogP contribution in [-0.2, 0) is 0 Å². The number of hydrogen-bond donors (Lipinski definition) is 1. The molecule has 178 valence electrons. The smallest absolute Gasteiger partial charge is 0.158 e. The summed E-state index contributed by atoms with van der Waals surface area (Å²) >= 11 is 0. The van der Waals surface area contributed by atoms with Gasteiger partial charge in [0.1, 0.15) is 5.84 Å². The van der Waals surface area contributed by atoms with Gasteiger partial charge in [0.15, 0.2) is 6.17 Å². The molecule has 0 radical (unpaired) electrons. The molecule has 0 saturated heterocycles. The van der Waals surface area contributed by atoms with Gasteiger partial charge < -0.3 is 10.6 Å². The van der Waals surface area contributed by atoms with Gasteiger partial charge in [-0.15, -0.1) is 0 Å². The molecule has 1 aliphatic heterocycles. The topological polar surface area (TPSA) is 43.2 Å². The van der Waals surface area contributed by atoms with E-state index in [0.717, 1.165) is 13.1 Å². The van der Waals surface area contributed by atoms with Gasteiger partial charge in [-0.25, -0.2) is 0 Å². The zero-order valence-corrected chi connectivity index (χ0v) is 20.9. The molecule has 0 aromatic rings. The summed E-state index contributed by atoms with van der Waals surface area (Å²) in [6.45, 7) is 6.54. The van der Waals surface area contributed by atoms with Gasteiger partial charge >= 0.3 is 0 Å². The quantitative estimate of drug-likeness (QED) is 0.180. The van der Waals surface area contributed by atoms with Crippen LogP contribution >= 0.6 is 0 Å². The molecule has 1 aliphatic rings. The van der Waals surface area contributed by atoms with Crippen molar-refractivity contribution in [1.29, 1.82) is 0 Å². The lowest BCUT2D eigenvalue weighted by molar-refractivity contribution is -0.442. The molecule has 0 amide bonds. The summed E-state index contributed by atoms with van der Waals surface area (Å²) in [5.74, 6) is 1.32. The first kappa shape index (κ1) is 27.5. The van der Waals surface area contributed by atoms with Crippen molar-refractivity contribution in [3.05, 3.63) is 0 Å². The highest BCUT2D eigenvalue weighted by Crippen LogP contribution is 2.16. The molecule has 1 atom stereocenters. The summed E-state index contributed by atoms with van der Waals surface area (Å²) in [5.41, 5.74) is 4.15. The van der Waals surface area contributed by atoms with Gasteiger partial charge in [-0.1, -0.05) is 129 Å². The Morgan fingerprint density at radius 1 is 0.667 bits per heavy atom. The van der Waals surface area contributed by atoms with Crippen LogP contribution in [0.15, 0.2) is 4.99 Å². The van der Waals surface area contributed by atoms with Crippen LogP contribution in [0.3, 0.4) is 0 Å². The minimum atomic E-state index is 0.372. The standard InChI is InChI=1S/C27H55N3/c1-3-4-5-6-7-8-9-10-11-12-13-14-15-16-17-18-19-20-21-22-23-27-29-24-25-30(27)26(2)28/h26H,3-25,28H2,1-2H3/p+1. The van der Waals surface area contributed by atoms with Gasteiger partial charge in [-0.05, 0) is 6.42 Å². The van der Waals surface area contributed by atoms with Crippen molar-refractivity contribution in [2.75, 3.05) is 13.1 Å². The number of unbranched alkanes of at least 4 members (excludes halogenated alkanes) is 19. The number of aliphatic imine (C=N–C) groups is 1. The van der Waals surface area contributed by atoms with Gasteiger partial charge in [-0.2, -0.15) is 0 Å². The Bertz CT molecular complexity index is 392. The second-order valence-corrected chi connectivity index (χ2v) is 9.81. The summed E-state index contributed by atoms with van der Waals surface area (Å²) in [6, 6.07) is 0. The average molecular weight is 423 g/mol. The van der Waals surface area contributed by atoms with Crippen molar-refractivity contribution < 1.29 is 5.73 Å². The van der Waals surface area contributed by atoms with Crippen molar-refractivity contribution in [2.45, 2.75) is 155 Å². The van der Waals surface area contributed by atoms with E-state index in [-0.39, 0.29) is 0 Å². The maximum Gasteiger partial charge on any atom is 0.158 e. The number of nitrogens with zero attached hydrogens (tertiary/aromatic N) is 2. The van der Waals surface area contributed by atoms with Crippen molar-refractivity contribution in [3.63, 3.8) is 0 Å². The van der Waals surface area contributed by atoms with E-state index in [1.54, 1.807) is 0 Å². The molecule has 1 unspecified atom stereocenters. The highest BCUT2D eigenvalue weighted by atomic mass is 15.3. The van der Waals surface area contributed by atoms with Crippen LogP contribution in [0.5, 0.6) is 0 Å². The van der Waals surface area contributed by atoms with Crippen LogP contribution in [0.4, 0.5) is 0 Å². The molecule has 0 aliphatic carbocycles. The molecule has 1 rings (SSSR count). The Labute approximate surface area is 189 Å². The zero-order chi connectivity index (χ0) is 21.7. The molecule has 0 aromatic heterocycles. The number of rotatable bonds is 22. The molecule has 1 heterocycles. The fourth-order valence-electron chi connectivity index (χ4n) is 4.74. The lowest BCUT2D eigenvalue weighted by Gasteiger charge is -2.21. The molecule has 0 spiro atoms. The van der Waals surface area contributed by atoms with Crippen molar-refractivity contribution >= 4 is 5.84 Å². The molecule has 3 nitrogen and oxygen atoms in total. The SMILES string of the molecule is CCCCCCCCCCCCCCCCCCCCCCC1=NCCN1C(C)[NH3+]. The minimum absolute atomic E-state index is 0.372. The lowest BCUT2D eigenvalue weighted by atomic mass is 10.0. The highest BCUT2D eigenvalue weighted by molar-refractivity contribution is 5.83. The molecule has 0 fully saturated rings. The van der Waals surface area contributed by atoms with E-state index in [1.165, 1.54) is 141 Å². The van der Waals surface area contributed by atoms with Crippen molar-refractivity contribution in [2.24, 2.45) is 4.99 Å². The van der Waals surface area contributed by atoms with Crippen LogP contribution in [0, 0.1) is 0 Å². The summed E-state index contributed by atoms with van der Waals surface area (Å²) in [6.07, 6.45) is 30.4. The maximum absolute atomic E-state index is 4.66. The Kier molecular flexibility index (Phi) is 18.6. The predicted molar refractivity (Wildman–Crippen MR) is 134 cm³/mol. The normalized spacial score (nSPS) is 15.0. The third kappa shape index (κ3) is 15.3. The predicted octanol–water partition coefficient (Wildman–Crippen LogP) is 7.50. The monoisotopic (exact) mass is 422 g/mol. The molecule has 3 heteroatoms. The van der Waals surface area contributed by atoms with Crippen LogP contribution in [0.2, 0.25) is 0 Å². The van der Waals surface area contributed by atoms with Crippen molar-refractivity contribution in [1.82, 2.24) is 4.90 Å². The second kappa shape index (κ2) is 20.3. The molecule has 0 aromatic carbocycles. The minimum Gasteiger partial charge on any atom is -0.338 e. The van der Waals surface area contributed by atoms with Gasteiger partial charge in [0.05, 0.1) is 6.54 Å². The summed E-state index contributed by atoms with van der Waals surface area (Å²) in [4.78, 5) is 7.05. The van der Waals surface area contributed by atoms with E-state index in [2.05, 4.69) is 29.5 Å². The first-order chi connectivity index (χ1) is 14.8.